The molecule has 0 bridgehead atoms. The lowest BCUT2D eigenvalue weighted by molar-refractivity contribution is 0.0746. The molecule has 9 nitrogen and oxygen atoms in total. The van der Waals surface area contributed by atoms with Crippen LogP contribution in [0.1, 0.15) is 15.9 Å². The molecule has 0 atom stereocenters. The minimum absolute atomic E-state index is 0. The van der Waals surface area contributed by atoms with E-state index in [1.54, 1.807) is 49.5 Å². The van der Waals surface area contributed by atoms with Crippen LogP contribution in [0.4, 0.5) is 11.8 Å². The summed E-state index contributed by atoms with van der Waals surface area (Å²) in [6.45, 7) is 2.55. The van der Waals surface area contributed by atoms with E-state index in [4.69, 9.17) is 36.5 Å². The average molecular weight is 570 g/mol. The number of nitrogen functional groups attached to an aromatic ring is 1. The predicted molar refractivity (Wildman–Crippen MR) is 155 cm³/mol. The number of carbonyl (C=O) groups is 1. The molecule has 1 aliphatic rings. The van der Waals surface area contributed by atoms with Crippen molar-refractivity contribution in [2.75, 3.05) is 51.0 Å². The summed E-state index contributed by atoms with van der Waals surface area (Å²) in [5.74, 6) is 2.45. The van der Waals surface area contributed by atoms with E-state index in [2.05, 4.69) is 4.98 Å². The largest absolute Gasteiger partial charge is 0.493 e. The zero-order valence-corrected chi connectivity index (χ0v) is 23.2. The Kier molecular flexibility index (Phi) is 8.83. The minimum atomic E-state index is -0.0862. The molecule has 0 unspecified atom stereocenters. The SMILES string of the molecule is COc1cc2nc(N3CCN(C(=O)c4ccc(OCc5ccccc5)c(Cl)c4)CC3)nc(N)c2cc1OC.Cl. The van der Waals surface area contributed by atoms with Gasteiger partial charge in [-0.3, -0.25) is 4.79 Å². The molecule has 4 aromatic rings. The van der Waals surface area contributed by atoms with Gasteiger partial charge in [0, 0.05) is 43.2 Å². The molecule has 204 valence electrons. The fraction of sp³-hybridized carbons (Fsp3) is 0.250. The molecule has 1 amide bonds. The topological polar surface area (TPSA) is 103 Å². The summed E-state index contributed by atoms with van der Waals surface area (Å²) in [5.41, 5.74) is 8.47. The normalized spacial score (nSPS) is 13.1. The van der Waals surface area contributed by atoms with Crippen LogP contribution in [0, 0.1) is 0 Å². The number of benzene rings is 3. The Bertz CT molecular complexity index is 1460. The first kappa shape index (κ1) is 28.1. The van der Waals surface area contributed by atoms with E-state index < -0.39 is 0 Å². The van der Waals surface area contributed by atoms with Gasteiger partial charge in [-0.15, -0.1) is 12.4 Å². The second kappa shape index (κ2) is 12.3. The quantitative estimate of drug-likeness (QED) is 0.337. The van der Waals surface area contributed by atoms with Gasteiger partial charge < -0.3 is 29.7 Å². The highest BCUT2D eigenvalue weighted by Crippen LogP contribution is 2.34. The molecule has 0 spiro atoms. The number of amides is 1. The molecule has 0 aliphatic carbocycles. The Morgan fingerprint density at radius 3 is 2.28 bits per heavy atom. The fourth-order valence-electron chi connectivity index (χ4n) is 4.39. The van der Waals surface area contributed by atoms with Crippen molar-refractivity contribution >= 4 is 52.6 Å². The van der Waals surface area contributed by atoms with Crippen LogP contribution >= 0.6 is 24.0 Å². The second-order valence-electron chi connectivity index (χ2n) is 8.83. The third-order valence-corrected chi connectivity index (χ3v) is 6.78. The number of hydrogen-bond donors (Lipinski definition) is 1. The van der Waals surface area contributed by atoms with Crippen LogP contribution in [0.2, 0.25) is 5.02 Å². The van der Waals surface area contributed by atoms with E-state index in [0.717, 1.165) is 5.56 Å². The van der Waals surface area contributed by atoms with Gasteiger partial charge in [0.05, 0.1) is 24.8 Å². The number of nitrogens with two attached hydrogens (primary N) is 1. The van der Waals surface area contributed by atoms with Crippen LogP contribution in [0.15, 0.2) is 60.7 Å². The fourth-order valence-corrected chi connectivity index (χ4v) is 4.62. The maximum absolute atomic E-state index is 13.2. The number of fused-ring (bicyclic) bond motifs is 1. The Labute approximate surface area is 237 Å². The molecule has 2 heterocycles. The lowest BCUT2D eigenvalue weighted by atomic mass is 10.1. The molecular formula is C28H29Cl2N5O4. The summed E-state index contributed by atoms with van der Waals surface area (Å²) >= 11 is 6.44. The lowest BCUT2D eigenvalue weighted by Gasteiger charge is -2.35. The summed E-state index contributed by atoms with van der Waals surface area (Å²) in [4.78, 5) is 26.2. The predicted octanol–water partition coefficient (Wildman–Crippen LogP) is 4.85. The van der Waals surface area contributed by atoms with Crippen molar-refractivity contribution in [1.82, 2.24) is 14.9 Å². The summed E-state index contributed by atoms with van der Waals surface area (Å²) in [6, 6.07) is 18.5. The Morgan fingerprint density at radius 2 is 1.62 bits per heavy atom. The number of piperazine rings is 1. The monoisotopic (exact) mass is 569 g/mol. The van der Waals surface area contributed by atoms with Crippen molar-refractivity contribution in [2.24, 2.45) is 0 Å². The Balaban J connectivity index is 0.00000353. The molecule has 0 saturated carbocycles. The highest BCUT2D eigenvalue weighted by atomic mass is 35.5. The van der Waals surface area contributed by atoms with Gasteiger partial charge in [0.2, 0.25) is 5.95 Å². The molecule has 3 aromatic carbocycles. The van der Waals surface area contributed by atoms with Gasteiger partial charge in [-0.05, 0) is 29.8 Å². The Hall–Kier alpha value is -3.95. The summed E-state index contributed by atoms with van der Waals surface area (Å²) < 4.78 is 16.6. The molecule has 11 heteroatoms. The van der Waals surface area contributed by atoms with Gasteiger partial charge in [0.1, 0.15) is 18.2 Å². The molecular weight excluding hydrogens is 541 g/mol. The molecule has 1 fully saturated rings. The van der Waals surface area contributed by atoms with Gasteiger partial charge in [0.25, 0.3) is 5.91 Å². The van der Waals surface area contributed by atoms with Crippen molar-refractivity contribution < 1.29 is 19.0 Å². The maximum Gasteiger partial charge on any atom is 0.254 e. The van der Waals surface area contributed by atoms with Crippen LogP contribution in [0.25, 0.3) is 10.9 Å². The minimum Gasteiger partial charge on any atom is -0.493 e. The van der Waals surface area contributed by atoms with Crippen LogP contribution in [-0.2, 0) is 6.61 Å². The summed E-state index contributed by atoms with van der Waals surface area (Å²) in [7, 11) is 3.14. The zero-order chi connectivity index (χ0) is 26.6. The number of aromatic nitrogens is 2. The zero-order valence-electron chi connectivity index (χ0n) is 21.6. The smallest absolute Gasteiger partial charge is 0.254 e. The maximum atomic E-state index is 13.2. The number of rotatable bonds is 7. The number of carbonyl (C=O) groups excluding carboxylic acids is 1. The first-order valence-electron chi connectivity index (χ1n) is 12.2. The molecule has 1 saturated heterocycles. The lowest BCUT2D eigenvalue weighted by Crippen LogP contribution is -2.49. The van der Waals surface area contributed by atoms with Crippen LogP contribution in [0.5, 0.6) is 17.2 Å². The molecule has 1 aromatic heterocycles. The van der Waals surface area contributed by atoms with Gasteiger partial charge in [-0.25, -0.2) is 4.98 Å². The molecule has 39 heavy (non-hydrogen) atoms. The van der Waals surface area contributed by atoms with Crippen LogP contribution in [-0.4, -0.2) is 61.2 Å². The van der Waals surface area contributed by atoms with Gasteiger partial charge >= 0.3 is 0 Å². The van der Waals surface area contributed by atoms with Crippen molar-refractivity contribution in [2.45, 2.75) is 6.61 Å². The second-order valence-corrected chi connectivity index (χ2v) is 9.24. The van der Waals surface area contributed by atoms with Gasteiger partial charge in [-0.1, -0.05) is 41.9 Å². The third kappa shape index (κ3) is 6.05. The molecule has 2 N–H and O–H groups in total. The number of nitrogens with zero attached hydrogens (tertiary/aromatic N) is 4. The Morgan fingerprint density at radius 1 is 0.923 bits per heavy atom. The molecule has 1 aliphatic heterocycles. The highest BCUT2D eigenvalue weighted by Gasteiger charge is 2.25. The van der Waals surface area contributed by atoms with Crippen molar-refractivity contribution in [3.05, 3.63) is 76.8 Å². The average Bonchev–Trinajstić information content (AvgIpc) is 2.96. The summed E-state index contributed by atoms with van der Waals surface area (Å²) in [6.07, 6.45) is 0. The van der Waals surface area contributed by atoms with Crippen LogP contribution in [0.3, 0.4) is 0 Å². The van der Waals surface area contributed by atoms with E-state index in [9.17, 15) is 4.79 Å². The highest BCUT2D eigenvalue weighted by molar-refractivity contribution is 6.32. The molecule has 0 radical (unpaired) electrons. The van der Waals surface area contributed by atoms with E-state index in [-0.39, 0.29) is 18.3 Å². The van der Waals surface area contributed by atoms with E-state index in [1.165, 1.54) is 0 Å². The van der Waals surface area contributed by atoms with Crippen molar-refractivity contribution in [3.63, 3.8) is 0 Å². The number of methoxy groups -OCH3 is 2. The number of anilines is 2. The number of hydrogen-bond acceptors (Lipinski definition) is 8. The van der Waals surface area contributed by atoms with Gasteiger partial charge in [0.15, 0.2) is 11.5 Å². The number of halogens is 2. The van der Waals surface area contributed by atoms with Crippen LogP contribution < -0.4 is 24.8 Å². The van der Waals surface area contributed by atoms with Crippen molar-refractivity contribution in [3.8, 4) is 17.2 Å². The first-order valence-corrected chi connectivity index (χ1v) is 12.5. The molecule has 5 rings (SSSR count). The first-order chi connectivity index (χ1) is 18.5. The summed E-state index contributed by atoms with van der Waals surface area (Å²) in [5, 5.41) is 1.09. The third-order valence-electron chi connectivity index (χ3n) is 6.48. The van der Waals surface area contributed by atoms with E-state index >= 15 is 0 Å². The van der Waals surface area contributed by atoms with Crippen molar-refractivity contribution in [1.29, 1.82) is 0 Å². The van der Waals surface area contributed by atoms with E-state index in [0.29, 0.717) is 83.3 Å². The van der Waals surface area contributed by atoms with E-state index in [1.807, 2.05) is 35.2 Å². The standard InChI is InChI=1S/C28H28ClN5O4.ClH/c1-36-24-15-20-22(16-25(24)37-2)31-28(32-26(20)30)34-12-10-33(11-13-34)27(35)19-8-9-23(21(29)14-19)38-17-18-6-4-3-5-7-18;/h3-9,14-16H,10-13,17H2,1-2H3,(H2,30,31,32);1H. The number of ether oxygens (including phenoxy) is 3. The van der Waals surface area contributed by atoms with Gasteiger partial charge in [-0.2, -0.15) is 4.98 Å².